The molecule has 1 aromatic carbocycles. The quantitative estimate of drug-likeness (QED) is 0.391. The summed E-state index contributed by atoms with van der Waals surface area (Å²) in [5.74, 6) is 1.93. The Morgan fingerprint density at radius 3 is 2.52 bits per heavy atom. The van der Waals surface area contributed by atoms with Gasteiger partial charge in [-0.1, -0.05) is 31.2 Å². The van der Waals surface area contributed by atoms with Crippen LogP contribution in [0, 0.1) is 12.8 Å². The van der Waals surface area contributed by atoms with Crippen LogP contribution < -0.4 is 5.32 Å². The molecule has 1 aromatic rings. The molecular weight excluding hydrogens is 449 g/mol. The number of nitrogens with zero attached hydrogens (tertiary/aromatic N) is 2. The molecule has 0 radical (unpaired) electrons. The Kier molecular flexibility index (Phi) is 8.86. The van der Waals surface area contributed by atoms with Crippen LogP contribution in [0.2, 0.25) is 0 Å². The van der Waals surface area contributed by atoms with Crippen molar-refractivity contribution in [3.63, 3.8) is 0 Å². The molecule has 4 nitrogen and oxygen atoms in total. The highest BCUT2D eigenvalue weighted by Gasteiger charge is 2.35. The maximum Gasteiger partial charge on any atom is 0.193 e. The first-order chi connectivity index (χ1) is 12.6. The van der Waals surface area contributed by atoms with E-state index in [4.69, 9.17) is 9.73 Å². The summed E-state index contributed by atoms with van der Waals surface area (Å²) in [5, 5.41) is 3.53. The first kappa shape index (κ1) is 22.5. The smallest absolute Gasteiger partial charge is 0.193 e. The number of benzene rings is 1. The number of aryl methyl sites for hydroxylation is 1. The van der Waals surface area contributed by atoms with Crippen LogP contribution in [0.1, 0.15) is 50.7 Å². The number of nitrogens with one attached hydrogen (secondary N) is 1. The summed E-state index contributed by atoms with van der Waals surface area (Å²) >= 11 is 0. The van der Waals surface area contributed by atoms with Crippen LogP contribution in [-0.2, 0) is 10.2 Å². The topological polar surface area (TPSA) is 36.9 Å². The average Bonchev–Trinajstić information content (AvgIpc) is 2.67. The highest BCUT2D eigenvalue weighted by molar-refractivity contribution is 14.0. The summed E-state index contributed by atoms with van der Waals surface area (Å²) in [4.78, 5) is 7.60. The number of halogens is 1. The Morgan fingerprint density at radius 2 is 1.89 bits per heavy atom. The van der Waals surface area contributed by atoms with E-state index in [2.05, 4.69) is 55.3 Å². The van der Waals surface area contributed by atoms with E-state index >= 15 is 0 Å². The second-order valence-corrected chi connectivity index (χ2v) is 8.05. The Balaban J connectivity index is 0.00000261. The van der Waals surface area contributed by atoms with E-state index in [0.29, 0.717) is 0 Å². The molecule has 0 aromatic heterocycles. The molecule has 27 heavy (non-hydrogen) atoms. The maximum atomic E-state index is 5.69. The lowest BCUT2D eigenvalue weighted by Crippen LogP contribution is -2.46. The molecule has 2 saturated heterocycles. The summed E-state index contributed by atoms with van der Waals surface area (Å²) < 4.78 is 5.69. The van der Waals surface area contributed by atoms with Gasteiger partial charge in [-0.3, -0.25) is 4.99 Å². The van der Waals surface area contributed by atoms with Gasteiger partial charge >= 0.3 is 0 Å². The summed E-state index contributed by atoms with van der Waals surface area (Å²) in [6.07, 6.45) is 4.64. The summed E-state index contributed by atoms with van der Waals surface area (Å²) in [6.45, 7) is 12.4. The van der Waals surface area contributed by atoms with E-state index in [1.165, 1.54) is 24.0 Å². The Labute approximate surface area is 182 Å². The van der Waals surface area contributed by atoms with Crippen LogP contribution in [0.5, 0.6) is 0 Å². The van der Waals surface area contributed by atoms with Gasteiger partial charge in [-0.05, 0) is 56.6 Å². The van der Waals surface area contributed by atoms with Crippen LogP contribution in [0.15, 0.2) is 29.3 Å². The summed E-state index contributed by atoms with van der Waals surface area (Å²) in [6, 6.07) is 8.83. The van der Waals surface area contributed by atoms with E-state index in [9.17, 15) is 0 Å². The number of guanidine groups is 1. The van der Waals surface area contributed by atoms with Gasteiger partial charge in [0.25, 0.3) is 0 Å². The summed E-state index contributed by atoms with van der Waals surface area (Å²) in [7, 11) is 0. The molecule has 0 atom stereocenters. The van der Waals surface area contributed by atoms with E-state index in [1.54, 1.807) is 0 Å². The fourth-order valence-electron chi connectivity index (χ4n) is 4.32. The minimum atomic E-state index is 0. The van der Waals surface area contributed by atoms with Crippen molar-refractivity contribution in [2.75, 3.05) is 39.4 Å². The SMILES string of the molecule is CCNC(=NCC1(c2ccccc2C)CCOCC1)N1CCC(C)CC1.I. The molecule has 0 saturated carbocycles. The van der Waals surface area contributed by atoms with Crippen molar-refractivity contribution in [1.29, 1.82) is 0 Å². The van der Waals surface area contributed by atoms with E-state index in [1.807, 2.05) is 0 Å². The van der Waals surface area contributed by atoms with Gasteiger partial charge in [0.15, 0.2) is 5.96 Å². The molecular formula is C22H36IN3O. The van der Waals surface area contributed by atoms with Crippen molar-refractivity contribution < 1.29 is 4.74 Å². The van der Waals surface area contributed by atoms with Crippen LogP contribution in [0.3, 0.4) is 0 Å². The highest BCUT2D eigenvalue weighted by Crippen LogP contribution is 2.37. The zero-order chi connectivity index (χ0) is 18.4. The van der Waals surface area contributed by atoms with E-state index in [-0.39, 0.29) is 29.4 Å². The fourth-order valence-corrected chi connectivity index (χ4v) is 4.32. The first-order valence-electron chi connectivity index (χ1n) is 10.3. The lowest BCUT2D eigenvalue weighted by Gasteiger charge is -2.38. The van der Waals surface area contributed by atoms with Crippen molar-refractivity contribution in [3.05, 3.63) is 35.4 Å². The number of likely N-dealkylation sites (tertiary alicyclic amines) is 1. The minimum Gasteiger partial charge on any atom is -0.381 e. The molecule has 0 unspecified atom stereocenters. The molecule has 2 heterocycles. The van der Waals surface area contributed by atoms with Gasteiger partial charge in [0, 0.05) is 38.3 Å². The van der Waals surface area contributed by atoms with Crippen LogP contribution >= 0.6 is 24.0 Å². The summed E-state index contributed by atoms with van der Waals surface area (Å²) in [5.41, 5.74) is 2.93. The molecule has 0 amide bonds. The second kappa shape index (κ2) is 10.6. The molecule has 0 aliphatic carbocycles. The fraction of sp³-hybridized carbons (Fsp3) is 0.682. The van der Waals surface area contributed by atoms with Gasteiger partial charge in [-0.15, -0.1) is 24.0 Å². The van der Waals surface area contributed by atoms with Crippen molar-refractivity contribution in [3.8, 4) is 0 Å². The monoisotopic (exact) mass is 485 g/mol. The van der Waals surface area contributed by atoms with Crippen LogP contribution in [0.25, 0.3) is 0 Å². The molecule has 2 aliphatic heterocycles. The Morgan fingerprint density at radius 1 is 1.22 bits per heavy atom. The average molecular weight is 485 g/mol. The number of hydrogen-bond acceptors (Lipinski definition) is 2. The zero-order valence-electron chi connectivity index (χ0n) is 17.2. The largest absolute Gasteiger partial charge is 0.381 e. The zero-order valence-corrected chi connectivity index (χ0v) is 19.5. The Bertz CT molecular complexity index is 605. The van der Waals surface area contributed by atoms with E-state index in [0.717, 1.165) is 64.1 Å². The molecule has 0 bridgehead atoms. The standard InChI is InChI=1S/C22H35N3O.HI/c1-4-23-21(25-13-9-18(2)10-14-25)24-17-22(11-15-26-16-12-22)20-8-6-5-7-19(20)3;/h5-8,18H,4,9-17H2,1-3H3,(H,23,24);1H. The molecule has 0 spiro atoms. The van der Waals surface area contributed by atoms with Crippen molar-refractivity contribution in [1.82, 2.24) is 10.2 Å². The van der Waals surface area contributed by atoms with Crippen LogP contribution in [-0.4, -0.2) is 50.3 Å². The first-order valence-corrected chi connectivity index (χ1v) is 10.3. The van der Waals surface area contributed by atoms with Crippen molar-refractivity contribution in [2.45, 2.75) is 51.9 Å². The van der Waals surface area contributed by atoms with Gasteiger partial charge in [-0.25, -0.2) is 0 Å². The number of ether oxygens (including phenoxy) is 1. The van der Waals surface area contributed by atoms with Crippen molar-refractivity contribution >= 4 is 29.9 Å². The van der Waals surface area contributed by atoms with E-state index < -0.39 is 0 Å². The number of aliphatic imine (C=N–C) groups is 1. The number of piperidine rings is 1. The van der Waals surface area contributed by atoms with Crippen LogP contribution in [0.4, 0.5) is 0 Å². The second-order valence-electron chi connectivity index (χ2n) is 8.05. The normalized spacial score (nSPS) is 20.9. The highest BCUT2D eigenvalue weighted by atomic mass is 127. The molecule has 2 fully saturated rings. The van der Waals surface area contributed by atoms with Gasteiger partial charge in [0.05, 0.1) is 6.54 Å². The Hall–Kier alpha value is -0.820. The minimum absolute atomic E-state index is 0. The predicted octanol–water partition coefficient (Wildman–Crippen LogP) is 4.36. The molecule has 3 rings (SSSR count). The van der Waals surface area contributed by atoms with Crippen molar-refractivity contribution in [2.24, 2.45) is 10.9 Å². The predicted molar refractivity (Wildman–Crippen MR) is 124 cm³/mol. The van der Waals surface area contributed by atoms with Gasteiger partial charge in [0.1, 0.15) is 0 Å². The molecule has 1 N–H and O–H groups in total. The maximum absolute atomic E-state index is 5.69. The third kappa shape index (κ3) is 5.59. The lowest BCUT2D eigenvalue weighted by molar-refractivity contribution is 0.0528. The lowest BCUT2D eigenvalue weighted by atomic mass is 9.72. The van der Waals surface area contributed by atoms with Gasteiger partial charge in [0.2, 0.25) is 0 Å². The molecule has 5 heteroatoms. The van der Waals surface area contributed by atoms with Gasteiger partial charge < -0.3 is 15.0 Å². The molecule has 2 aliphatic rings. The third-order valence-electron chi connectivity index (χ3n) is 6.12. The van der Waals surface area contributed by atoms with Gasteiger partial charge in [-0.2, -0.15) is 0 Å². The third-order valence-corrected chi connectivity index (χ3v) is 6.12. The number of hydrogen-bond donors (Lipinski definition) is 1. The molecule has 152 valence electrons. The number of rotatable bonds is 4.